The third kappa shape index (κ3) is 4.88. The molecule has 2 N–H and O–H groups in total. The number of carbonyl (C=O) groups is 1. The predicted molar refractivity (Wildman–Crippen MR) is 72.5 cm³/mol. The molecule has 7 nitrogen and oxygen atoms in total. The molecule has 0 saturated heterocycles. The Morgan fingerprint density at radius 2 is 2.26 bits per heavy atom. The summed E-state index contributed by atoms with van der Waals surface area (Å²) in [6.45, 7) is 1.32. The van der Waals surface area contributed by atoms with E-state index in [1.165, 1.54) is 13.2 Å². The van der Waals surface area contributed by atoms with Gasteiger partial charge in [0.05, 0.1) is 18.5 Å². The minimum atomic E-state index is -0.379. The number of nitrogens with zero attached hydrogens (tertiary/aromatic N) is 2. The summed E-state index contributed by atoms with van der Waals surface area (Å²) in [5.74, 6) is -0.0996. The van der Waals surface area contributed by atoms with E-state index < -0.39 is 0 Å². The van der Waals surface area contributed by atoms with E-state index in [2.05, 4.69) is 15.7 Å². The number of methoxy groups -OCH3 is 1. The standard InChI is InChI=1S/C11H17ClN4O3/c1-16-11(18)10(12)8(7-15-16)13-4-3-9(17)14-5-6-19-2/h7,13H,3-6H2,1-2H3,(H,14,17). The number of hydrogen-bond acceptors (Lipinski definition) is 5. The van der Waals surface area contributed by atoms with Gasteiger partial charge in [-0.3, -0.25) is 9.59 Å². The van der Waals surface area contributed by atoms with Crippen LogP contribution in [0, 0.1) is 0 Å². The van der Waals surface area contributed by atoms with Gasteiger partial charge in [-0.05, 0) is 0 Å². The summed E-state index contributed by atoms with van der Waals surface area (Å²) in [6, 6.07) is 0. The molecule has 1 rings (SSSR count). The monoisotopic (exact) mass is 288 g/mol. The number of halogens is 1. The lowest BCUT2D eigenvalue weighted by atomic mass is 10.3. The molecule has 106 valence electrons. The third-order valence-corrected chi connectivity index (χ3v) is 2.74. The van der Waals surface area contributed by atoms with E-state index in [-0.39, 0.29) is 22.9 Å². The van der Waals surface area contributed by atoms with Gasteiger partial charge in [0.1, 0.15) is 5.02 Å². The molecule has 8 heteroatoms. The van der Waals surface area contributed by atoms with Crippen molar-refractivity contribution in [1.29, 1.82) is 0 Å². The van der Waals surface area contributed by atoms with Crippen molar-refractivity contribution >= 4 is 23.2 Å². The van der Waals surface area contributed by atoms with Gasteiger partial charge in [-0.2, -0.15) is 5.10 Å². The molecule has 0 radical (unpaired) electrons. The van der Waals surface area contributed by atoms with Crippen molar-refractivity contribution in [3.05, 3.63) is 21.6 Å². The van der Waals surface area contributed by atoms with Gasteiger partial charge in [-0.25, -0.2) is 4.68 Å². The molecule has 0 aliphatic rings. The molecule has 19 heavy (non-hydrogen) atoms. The number of ether oxygens (including phenoxy) is 1. The molecule has 0 fully saturated rings. The highest BCUT2D eigenvalue weighted by atomic mass is 35.5. The summed E-state index contributed by atoms with van der Waals surface area (Å²) in [5.41, 5.74) is 0.0469. The van der Waals surface area contributed by atoms with Gasteiger partial charge in [0.2, 0.25) is 5.91 Å². The highest BCUT2D eigenvalue weighted by molar-refractivity contribution is 6.32. The Morgan fingerprint density at radius 1 is 1.53 bits per heavy atom. The van der Waals surface area contributed by atoms with Gasteiger partial charge in [0, 0.05) is 33.7 Å². The number of carbonyl (C=O) groups excluding carboxylic acids is 1. The number of nitrogens with one attached hydrogen (secondary N) is 2. The first-order chi connectivity index (χ1) is 9.06. The van der Waals surface area contributed by atoms with Gasteiger partial charge in [0.25, 0.3) is 5.56 Å². The second kappa shape index (κ2) is 7.75. The van der Waals surface area contributed by atoms with Crippen LogP contribution < -0.4 is 16.2 Å². The van der Waals surface area contributed by atoms with Crippen LogP contribution in [0.15, 0.2) is 11.0 Å². The Labute approximate surface area is 115 Å². The quantitative estimate of drug-likeness (QED) is 0.690. The fourth-order valence-corrected chi connectivity index (χ4v) is 1.56. The number of rotatable bonds is 7. The fourth-order valence-electron chi connectivity index (χ4n) is 1.33. The predicted octanol–water partition coefficient (Wildman–Crippen LogP) is -0.00170. The summed E-state index contributed by atoms with van der Waals surface area (Å²) < 4.78 is 5.96. The molecule has 0 aromatic carbocycles. The summed E-state index contributed by atoms with van der Waals surface area (Å²) in [6.07, 6.45) is 1.72. The van der Waals surface area contributed by atoms with Gasteiger partial charge in [-0.15, -0.1) is 0 Å². The summed E-state index contributed by atoms with van der Waals surface area (Å²) in [4.78, 5) is 22.9. The molecule has 0 saturated carbocycles. The van der Waals surface area contributed by atoms with Crippen molar-refractivity contribution < 1.29 is 9.53 Å². The molecule has 0 aliphatic carbocycles. The molecule has 0 bridgehead atoms. The van der Waals surface area contributed by atoms with E-state index in [1.54, 1.807) is 7.11 Å². The lowest BCUT2D eigenvalue weighted by Gasteiger charge is -2.08. The van der Waals surface area contributed by atoms with Crippen LogP contribution in [-0.4, -0.2) is 42.5 Å². The van der Waals surface area contributed by atoms with Gasteiger partial charge in [0.15, 0.2) is 0 Å². The largest absolute Gasteiger partial charge is 0.383 e. The second-order valence-corrected chi connectivity index (χ2v) is 4.20. The van der Waals surface area contributed by atoms with Crippen LogP contribution in [0.2, 0.25) is 5.02 Å². The zero-order chi connectivity index (χ0) is 14.3. The van der Waals surface area contributed by atoms with Crippen molar-refractivity contribution in [2.45, 2.75) is 6.42 Å². The minimum Gasteiger partial charge on any atom is -0.383 e. The Bertz CT molecular complexity index is 489. The van der Waals surface area contributed by atoms with Crippen LogP contribution in [0.4, 0.5) is 5.69 Å². The van der Waals surface area contributed by atoms with Crippen molar-refractivity contribution in [3.63, 3.8) is 0 Å². The van der Waals surface area contributed by atoms with Gasteiger partial charge in [-0.1, -0.05) is 11.6 Å². The van der Waals surface area contributed by atoms with Gasteiger partial charge >= 0.3 is 0 Å². The first kappa shape index (κ1) is 15.5. The number of anilines is 1. The second-order valence-electron chi connectivity index (χ2n) is 3.82. The maximum atomic E-state index is 11.5. The van der Waals surface area contributed by atoms with Crippen molar-refractivity contribution in [2.24, 2.45) is 7.05 Å². The lowest BCUT2D eigenvalue weighted by molar-refractivity contribution is -0.121. The molecule has 1 aromatic heterocycles. The Kier molecular flexibility index (Phi) is 6.31. The number of hydrogen-bond donors (Lipinski definition) is 2. The number of aryl methyl sites for hydroxylation is 1. The van der Waals surface area contributed by atoms with Crippen LogP contribution in [0.3, 0.4) is 0 Å². The molecule has 0 unspecified atom stereocenters. The van der Waals surface area contributed by atoms with E-state index in [4.69, 9.17) is 16.3 Å². The highest BCUT2D eigenvalue weighted by Crippen LogP contribution is 2.14. The van der Waals surface area contributed by atoms with Crippen molar-refractivity contribution in [1.82, 2.24) is 15.1 Å². The topological polar surface area (TPSA) is 85.2 Å². The SMILES string of the molecule is COCCNC(=O)CCNc1cnn(C)c(=O)c1Cl. The Hall–Kier alpha value is -1.60. The third-order valence-electron chi connectivity index (χ3n) is 2.37. The Morgan fingerprint density at radius 3 is 2.95 bits per heavy atom. The molecule has 0 aliphatic heterocycles. The Balaban J connectivity index is 2.39. The summed E-state index contributed by atoms with van der Waals surface area (Å²) in [5, 5.41) is 9.49. The minimum absolute atomic E-state index is 0.0669. The molecule has 0 atom stereocenters. The lowest BCUT2D eigenvalue weighted by Crippen LogP contribution is -2.28. The fraction of sp³-hybridized carbons (Fsp3) is 0.545. The molecular formula is C11H17ClN4O3. The van der Waals surface area contributed by atoms with Crippen molar-refractivity contribution in [2.75, 3.05) is 32.1 Å². The van der Waals surface area contributed by atoms with E-state index in [0.29, 0.717) is 25.4 Å². The first-order valence-corrected chi connectivity index (χ1v) is 6.15. The molecule has 0 spiro atoms. The number of amides is 1. The van der Waals surface area contributed by atoms with E-state index in [0.717, 1.165) is 4.68 Å². The average Bonchev–Trinajstić information content (AvgIpc) is 2.39. The molecular weight excluding hydrogens is 272 g/mol. The average molecular weight is 289 g/mol. The molecule has 1 amide bonds. The zero-order valence-corrected chi connectivity index (χ0v) is 11.7. The van der Waals surface area contributed by atoms with Gasteiger partial charge < -0.3 is 15.4 Å². The maximum absolute atomic E-state index is 11.5. The van der Waals surface area contributed by atoms with Crippen molar-refractivity contribution in [3.8, 4) is 0 Å². The van der Waals surface area contributed by atoms with E-state index >= 15 is 0 Å². The maximum Gasteiger partial charge on any atom is 0.287 e. The van der Waals surface area contributed by atoms with E-state index in [1.807, 2.05) is 0 Å². The molecule has 1 aromatic rings. The first-order valence-electron chi connectivity index (χ1n) is 5.77. The summed E-state index contributed by atoms with van der Waals surface area (Å²) in [7, 11) is 3.08. The molecule has 1 heterocycles. The number of aromatic nitrogens is 2. The normalized spacial score (nSPS) is 10.3. The van der Waals surface area contributed by atoms with E-state index in [9.17, 15) is 9.59 Å². The van der Waals surface area contributed by atoms with Crippen LogP contribution in [-0.2, 0) is 16.6 Å². The zero-order valence-electron chi connectivity index (χ0n) is 10.9. The van der Waals surface area contributed by atoms with Crippen LogP contribution in [0.1, 0.15) is 6.42 Å². The van der Waals surface area contributed by atoms with Crippen LogP contribution in [0.25, 0.3) is 0 Å². The highest BCUT2D eigenvalue weighted by Gasteiger charge is 2.07. The smallest absolute Gasteiger partial charge is 0.287 e. The van der Waals surface area contributed by atoms with Crippen LogP contribution >= 0.6 is 11.6 Å². The summed E-state index contributed by atoms with van der Waals surface area (Å²) >= 11 is 5.86. The van der Waals surface area contributed by atoms with Crippen LogP contribution in [0.5, 0.6) is 0 Å².